The van der Waals surface area contributed by atoms with Crippen molar-refractivity contribution in [3.8, 4) is 5.75 Å². The van der Waals surface area contributed by atoms with Crippen molar-refractivity contribution in [2.75, 3.05) is 31.1 Å². The molecule has 152 valence electrons. The molecule has 1 aliphatic heterocycles. The zero-order valence-electron chi connectivity index (χ0n) is 14.8. The van der Waals surface area contributed by atoms with Gasteiger partial charge in [-0.05, 0) is 23.8 Å². The molecule has 1 aromatic carbocycles. The maximum Gasteiger partial charge on any atom is 0.573 e. The van der Waals surface area contributed by atoms with Crippen LogP contribution in [0.5, 0.6) is 5.75 Å². The lowest BCUT2D eigenvalue weighted by atomic mass is 10.2. The van der Waals surface area contributed by atoms with E-state index in [1.807, 2.05) is 4.90 Å². The lowest BCUT2D eigenvalue weighted by Crippen LogP contribution is -2.51. The third-order valence-corrected chi connectivity index (χ3v) is 4.02. The largest absolute Gasteiger partial charge is 0.573 e. The third-order valence-electron chi connectivity index (χ3n) is 4.02. The van der Waals surface area contributed by atoms with Crippen LogP contribution < -0.4 is 15.4 Å². The Bertz CT molecular complexity index is 765. The second-order valence-corrected chi connectivity index (χ2v) is 5.89. The highest BCUT2D eigenvalue weighted by atomic mass is 127. The number of benzene rings is 1. The minimum atomic E-state index is -4.70. The van der Waals surface area contributed by atoms with Crippen LogP contribution in [-0.2, 0) is 6.54 Å². The summed E-state index contributed by atoms with van der Waals surface area (Å²) in [5.74, 6) is 0.829. The molecule has 0 bridgehead atoms. The van der Waals surface area contributed by atoms with E-state index in [0.29, 0.717) is 25.0 Å². The van der Waals surface area contributed by atoms with Crippen LogP contribution >= 0.6 is 24.0 Å². The molecule has 0 spiro atoms. The number of guanidine groups is 1. The molecule has 0 unspecified atom stereocenters. The first-order chi connectivity index (χ1) is 12.9. The number of hydrogen-bond acceptors (Lipinski definition) is 5. The van der Waals surface area contributed by atoms with Crippen LogP contribution in [0.4, 0.5) is 19.1 Å². The van der Waals surface area contributed by atoms with Gasteiger partial charge in [-0.1, -0.05) is 12.1 Å². The van der Waals surface area contributed by atoms with Crippen LogP contribution in [-0.4, -0.2) is 53.4 Å². The van der Waals surface area contributed by atoms with Crippen LogP contribution in [0.15, 0.2) is 47.7 Å². The lowest BCUT2D eigenvalue weighted by molar-refractivity contribution is -0.274. The Kier molecular flexibility index (Phi) is 7.66. The molecule has 1 saturated heterocycles. The van der Waals surface area contributed by atoms with Gasteiger partial charge in [-0.2, -0.15) is 0 Å². The molecule has 0 saturated carbocycles. The number of halogens is 4. The van der Waals surface area contributed by atoms with Crippen molar-refractivity contribution < 1.29 is 17.9 Å². The average Bonchev–Trinajstić information content (AvgIpc) is 2.67. The summed E-state index contributed by atoms with van der Waals surface area (Å²) in [4.78, 5) is 16.8. The van der Waals surface area contributed by atoms with E-state index < -0.39 is 6.36 Å². The van der Waals surface area contributed by atoms with Crippen molar-refractivity contribution in [3.05, 3.63) is 48.3 Å². The standard InChI is InChI=1S/C17H19F3N6O.HI/c18-17(19,20)27-14-4-2-13(3-5-14)12-24-15(21)25-8-10-26(11-9-25)16-22-6-1-7-23-16;/h1-7H,8-12H2,(H2,21,24);1H. The van der Waals surface area contributed by atoms with Crippen molar-refractivity contribution in [1.82, 2.24) is 14.9 Å². The van der Waals surface area contributed by atoms with Gasteiger partial charge in [0.25, 0.3) is 0 Å². The number of nitrogens with zero attached hydrogens (tertiary/aromatic N) is 5. The van der Waals surface area contributed by atoms with E-state index >= 15 is 0 Å². The molecule has 11 heteroatoms. The molecule has 7 nitrogen and oxygen atoms in total. The van der Waals surface area contributed by atoms with E-state index in [-0.39, 0.29) is 36.3 Å². The molecule has 28 heavy (non-hydrogen) atoms. The van der Waals surface area contributed by atoms with Gasteiger partial charge in [0.05, 0.1) is 6.54 Å². The third kappa shape index (κ3) is 6.39. The Morgan fingerprint density at radius 3 is 2.25 bits per heavy atom. The van der Waals surface area contributed by atoms with Crippen molar-refractivity contribution in [1.29, 1.82) is 0 Å². The first-order valence-corrected chi connectivity index (χ1v) is 8.32. The van der Waals surface area contributed by atoms with Gasteiger partial charge >= 0.3 is 6.36 Å². The predicted molar refractivity (Wildman–Crippen MR) is 110 cm³/mol. The summed E-state index contributed by atoms with van der Waals surface area (Å²) in [7, 11) is 0. The van der Waals surface area contributed by atoms with Crippen LogP contribution in [0.2, 0.25) is 0 Å². The molecule has 1 aromatic heterocycles. The molecule has 0 radical (unpaired) electrons. The monoisotopic (exact) mass is 508 g/mol. The number of nitrogens with two attached hydrogens (primary N) is 1. The number of piperazine rings is 1. The van der Waals surface area contributed by atoms with Gasteiger partial charge < -0.3 is 20.3 Å². The highest BCUT2D eigenvalue weighted by molar-refractivity contribution is 14.0. The normalized spacial score (nSPS) is 15.2. The van der Waals surface area contributed by atoms with Gasteiger partial charge in [0, 0.05) is 38.6 Å². The summed E-state index contributed by atoms with van der Waals surface area (Å²) in [6.45, 7) is 3.10. The summed E-state index contributed by atoms with van der Waals surface area (Å²) in [6.07, 6.45) is -1.29. The maximum atomic E-state index is 12.2. The number of hydrogen-bond donors (Lipinski definition) is 1. The molecule has 0 amide bonds. The number of alkyl halides is 3. The zero-order chi connectivity index (χ0) is 19.3. The quantitative estimate of drug-likeness (QED) is 0.389. The van der Waals surface area contributed by atoms with Crippen molar-refractivity contribution >= 4 is 35.9 Å². The Hall–Kier alpha value is -2.31. The molecule has 2 aromatic rings. The highest BCUT2D eigenvalue weighted by Crippen LogP contribution is 2.22. The van der Waals surface area contributed by atoms with Crippen LogP contribution in [0.3, 0.4) is 0 Å². The summed E-state index contributed by atoms with van der Waals surface area (Å²) < 4.78 is 40.3. The molecule has 2 N–H and O–H groups in total. The molecule has 1 fully saturated rings. The van der Waals surface area contributed by atoms with Gasteiger partial charge in [-0.15, -0.1) is 37.1 Å². The number of rotatable bonds is 4. The molecule has 0 aliphatic carbocycles. The van der Waals surface area contributed by atoms with Crippen molar-refractivity contribution in [3.63, 3.8) is 0 Å². The summed E-state index contributed by atoms with van der Waals surface area (Å²) in [5, 5.41) is 0. The second kappa shape index (κ2) is 9.75. The van der Waals surface area contributed by atoms with Crippen LogP contribution in [0.25, 0.3) is 0 Å². The first-order valence-electron chi connectivity index (χ1n) is 8.32. The minimum Gasteiger partial charge on any atom is -0.406 e. The molecular weight excluding hydrogens is 488 g/mol. The summed E-state index contributed by atoms with van der Waals surface area (Å²) >= 11 is 0. The Balaban J connectivity index is 0.00000280. The topological polar surface area (TPSA) is 79.9 Å². The molecule has 1 aliphatic rings. The van der Waals surface area contributed by atoms with Crippen molar-refractivity contribution in [2.45, 2.75) is 12.9 Å². The fourth-order valence-corrected chi connectivity index (χ4v) is 2.66. The van der Waals surface area contributed by atoms with Gasteiger partial charge in [-0.25, -0.2) is 15.0 Å². The van der Waals surface area contributed by atoms with Crippen molar-refractivity contribution in [2.24, 2.45) is 10.7 Å². The first kappa shape index (κ1) is 22.0. The smallest absolute Gasteiger partial charge is 0.406 e. The Morgan fingerprint density at radius 1 is 1.07 bits per heavy atom. The second-order valence-electron chi connectivity index (χ2n) is 5.89. The highest BCUT2D eigenvalue weighted by Gasteiger charge is 2.30. The van der Waals surface area contributed by atoms with Gasteiger partial charge in [-0.3, -0.25) is 0 Å². The lowest BCUT2D eigenvalue weighted by Gasteiger charge is -2.35. The number of anilines is 1. The van der Waals surface area contributed by atoms with E-state index in [4.69, 9.17) is 5.73 Å². The molecule has 3 rings (SSSR count). The molecule has 2 heterocycles. The average molecular weight is 508 g/mol. The SMILES string of the molecule is I.NC(=NCc1ccc(OC(F)(F)F)cc1)N1CCN(c2ncccn2)CC1. The maximum absolute atomic E-state index is 12.2. The number of aromatic nitrogens is 2. The zero-order valence-corrected chi connectivity index (χ0v) is 17.2. The van der Waals surface area contributed by atoms with E-state index in [9.17, 15) is 13.2 Å². The van der Waals surface area contributed by atoms with E-state index in [2.05, 4.69) is 24.6 Å². The van der Waals surface area contributed by atoms with Crippen LogP contribution in [0.1, 0.15) is 5.56 Å². The Morgan fingerprint density at radius 2 is 1.68 bits per heavy atom. The molecule has 0 atom stereocenters. The fraction of sp³-hybridized carbons (Fsp3) is 0.353. The predicted octanol–water partition coefficient (Wildman–Crippen LogP) is 2.63. The van der Waals surface area contributed by atoms with Gasteiger partial charge in [0.15, 0.2) is 5.96 Å². The molecular formula is C17H20F3IN6O. The number of ether oxygens (including phenoxy) is 1. The fourth-order valence-electron chi connectivity index (χ4n) is 2.66. The Labute approximate surface area is 177 Å². The van der Waals surface area contributed by atoms with E-state index in [1.165, 1.54) is 24.3 Å². The number of aliphatic imine (C=N–C) groups is 1. The van der Waals surface area contributed by atoms with Crippen LogP contribution in [0, 0.1) is 0 Å². The van der Waals surface area contributed by atoms with Gasteiger partial charge in [0.1, 0.15) is 5.75 Å². The minimum absolute atomic E-state index is 0. The van der Waals surface area contributed by atoms with E-state index in [0.717, 1.165) is 18.7 Å². The summed E-state index contributed by atoms with van der Waals surface area (Å²) in [6, 6.07) is 7.34. The van der Waals surface area contributed by atoms with Gasteiger partial charge in [0.2, 0.25) is 5.95 Å². The van der Waals surface area contributed by atoms with E-state index in [1.54, 1.807) is 18.5 Å². The summed E-state index contributed by atoms with van der Waals surface area (Å²) in [5.41, 5.74) is 6.79.